The molecule has 3 aliphatic rings. The van der Waals surface area contributed by atoms with Crippen LogP contribution in [0.5, 0.6) is 0 Å². The number of hydrogen-bond acceptors (Lipinski definition) is 4. The summed E-state index contributed by atoms with van der Waals surface area (Å²) in [5.74, 6) is 0. The van der Waals surface area contributed by atoms with E-state index >= 15 is 0 Å². The van der Waals surface area contributed by atoms with Gasteiger partial charge in [0.15, 0.2) is 0 Å². The Morgan fingerprint density at radius 2 is 1.67 bits per heavy atom. The van der Waals surface area contributed by atoms with Crippen molar-refractivity contribution in [1.82, 2.24) is 9.80 Å². The Morgan fingerprint density at radius 3 is 2.47 bits per heavy atom. The molecule has 4 aromatic carbocycles. The van der Waals surface area contributed by atoms with Gasteiger partial charge in [-0.05, 0) is 82.8 Å². The minimum absolute atomic E-state index is 0.0188. The molecular formula is C41H42N4. The molecule has 1 unspecified atom stereocenters. The predicted molar refractivity (Wildman–Crippen MR) is 192 cm³/mol. The molecule has 7 rings (SSSR count). The zero-order chi connectivity index (χ0) is 31.3. The molecular weight excluding hydrogens is 548 g/mol. The first-order chi connectivity index (χ1) is 21.8. The van der Waals surface area contributed by atoms with Gasteiger partial charge in [-0.1, -0.05) is 91.5 Å². The summed E-state index contributed by atoms with van der Waals surface area (Å²) in [6.07, 6.45) is 17.0. The van der Waals surface area contributed by atoms with E-state index in [1.807, 2.05) is 0 Å². The third kappa shape index (κ3) is 4.67. The van der Waals surface area contributed by atoms with E-state index in [1.165, 1.54) is 50.0 Å². The van der Waals surface area contributed by atoms with Gasteiger partial charge < -0.3 is 19.6 Å². The van der Waals surface area contributed by atoms with Crippen molar-refractivity contribution >= 4 is 40.4 Å². The second-order valence-corrected chi connectivity index (χ2v) is 12.7. The third-order valence-corrected chi connectivity index (χ3v) is 10.0. The van der Waals surface area contributed by atoms with E-state index in [1.54, 1.807) is 0 Å². The standard InChI is InChI=1S/C41H42N4/c1-7-8-15-31-21-22-32-16-13-17-33(39(32)30(31)3)27-35(40-42(5)23-25-44(40)37-19-11-9-14-29(37)2)36-28-41(4)43(6)24-26-45(41)38-20-12-10-18-34(36)38/h7-26,40H,3,27-28H2,1-2,4-6H3/b8-7-,31-15-,36-35-/t40?,41-/m0/s1. The average Bonchev–Trinajstić information content (AvgIpc) is 3.57. The maximum atomic E-state index is 4.63. The Hall–Kier alpha value is -4.96. The van der Waals surface area contributed by atoms with Crippen LogP contribution in [0.25, 0.3) is 29.0 Å². The molecule has 0 N–H and O–H groups in total. The second-order valence-electron chi connectivity index (χ2n) is 12.7. The lowest BCUT2D eigenvalue weighted by molar-refractivity contribution is 0.229. The lowest BCUT2D eigenvalue weighted by atomic mass is 9.81. The first kappa shape index (κ1) is 28.8. The van der Waals surface area contributed by atoms with Crippen LogP contribution in [0.15, 0.2) is 121 Å². The molecule has 45 heavy (non-hydrogen) atoms. The Bertz CT molecular complexity index is 2030. The highest BCUT2D eigenvalue weighted by Gasteiger charge is 2.45. The molecule has 0 radical (unpaired) electrons. The number of nitrogens with zero attached hydrogens (tertiary/aromatic N) is 4. The lowest BCUT2D eigenvalue weighted by Gasteiger charge is -2.48. The molecule has 4 nitrogen and oxygen atoms in total. The van der Waals surface area contributed by atoms with E-state index in [0.717, 1.165) is 23.3 Å². The number of hydrogen-bond donors (Lipinski definition) is 0. The van der Waals surface area contributed by atoms with Crippen molar-refractivity contribution in [2.75, 3.05) is 23.9 Å². The highest BCUT2D eigenvalue weighted by molar-refractivity contribution is 5.89. The summed E-state index contributed by atoms with van der Waals surface area (Å²) >= 11 is 0. The highest BCUT2D eigenvalue weighted by Crippen LogP contribution is 2.49. The van der Waals surface area contributed by atoms with Crippen LogP contribution in [-0.2, 0) is 6.42 Å². The summed E-state index contributed by atoms with van der Waals surface area (Å²) in [5.41, 5.74) is 9.01. The van der Waals surface area contributed by atoms with Crippen molar-refractivity contribution in [2.45, 2.75) is 45.4 Å². The Kier molecular flexibility index (Phi) is 7.16. The van der Waals surface area contributed by atoms with Gasteiger partial charge in [0.05, 0.1) is 5.69 Å². The topological polar surface area (TPSA) is 13.0 Å². The number of para-hydroxylation sites is 2. The van der Waals surface area contributed by atoms with Gasteiger partial charge in [-0.3, -0.25) is 0 Å². The van der Waals surface area contributed by atoms with Gasteiger partial charge in [0, 0.05) is 56.6 Å². The molecule has 0 bridgehead atoms. The maximum Gasteiger partial charge on any atom is 0.128 e. The highest BCUT2D eigenvalue weighted by atomic mass is 15.4. The summed E-state index contributed by atoms with van der Waals surface area (Å²) < 4.78 is 0. The smallest absolute Gasteiger partial charge is 0.128 e. The lowest BCUT2D eigenvalue weighted by Crippen LogP contribution is -2.52. The fourth-order valence-corrected chi connectivity index (χ4v) is 7.49. The van der Waals surface area contributed by atoms with Crippen LogP contribution in [0.4, 0.5) is 11.4 Å². The fourth-order valence-electron chi connectivity index (χ4n) is 7.49. The average molecular weight is 591 g/mol. The van der Waals surface area contributed by atoms with Crippen molar-refractivity contribution in [3.05, 3.63) is 149 Å². The quantitative estimate of drug-likeness (QED) is 0.239. The molecule has 3 heterocycles. The molecule has 0 fully saturated rings. The summed E-state index contributed by atoms with van der Waals surface area (Å²) in [7, 11) is 4.42. The van der Waals surface area contributed by atoms with Gasteiger partial charge in [-0.25, -0.2) is 0 Å². The molecule has 3 aliphatic heterocycles. The second kappa shape index (κ2) is 11.2. The predicted octanol–water partition coefficient (Wildman–Crippen LogP) is 7.50. The summed E-state index contributed by atoms with van der Waals surface area (Å²) in [6, 6.07) is 28.8. The van der Waals surface area contributed by atoms with Crippen molar-refractivity contribution in [1.29, 1.82) is 0 Å². The number of benzene rings is 4. The zero-order valence-corrected chi connectivity index (χ0v) is 27.0. The molecule has 0 aliphatic carbocycles. The van der Waals surface area contributed by atoms with Gasteiger partial charge in [0.2, 0.25) is 0 Å². The zero-order valence-electron chi connectivity index (χ0n) is 27.0. The number of allylic oxidation sites excluding steroid dienone is 2. The number of rotatable bonds is 5. The van der Waals surface area contributed by atoms with Crippen LogP contribution in [-0.4, -0.2) is 35.7 Å². The van der Waals surface area contributed by atoms with Crippen LogP contribution in [0.1, 0.15) is 37.0 Å². The van der Waals surface area contributed by atoms with Crippen molar-refractivity contribution in [3.63, 3.8) is 0 Å². The number of likely N-dealkylation sites (N-methyl/N-ethyl adjacent to an activating group) is 1. The molecule has 4 aromatic rings. The van der Waals surface area contributed by atoms with Crippen molar-refractivity contribution in [2.24, 2.45) is 0 Å². The van der Waals surface area contributed by atoms with E-state index in [2.05, 4.69) is 183 Å². The first-order valence-corrected chi connectivity index (χ1v) is 15.9. The Labute approximate surface area is 267 Å². The van der Waals surface area contributed by atoms with Crippen LogP contribution in [0.3, 0.4) is 0 Å². The fraction of sp³-hybridized carbons (Fsp3) is 0.220. The molecule has 0 aromatic heterocycles. The van der Waals surface area contributed by atoms with Gasteiger partial charge in [0.25, 0.3) is 0 Å². The number of aryl methyl sites for hydroxylation is 1. The monoisotopic (exact) mass is 590 g/mol. The molecule has 0 amide bonds. The van der Waals surface area contributed by atoms with Crippen LogP contribution in [0, 0.1) is 6.92 Å². The van der Waals surface area contributed by atoms with Gasteiger partial charge >= 0.3 is 0 Å². The molecule has 0 spiro atoms. The molecule has 4 heteroatoms. The SMILES string of the molecule is C=c1/c(=C\C=C/C)ccc2cccc(C/C(=C3\C[C@@]4(C)N(C)C=CN4c4ccccc43)C3N(C)C=CN3c3ccccc3C)c12. The van der Waals surface area contributed by atoms with Gasteiger partial charge in [-0.2, -0.15) is 0 Å². The normalized spacial score (nSPS) is 22.2. The van der Waals surface area contributed by atoms with E-state index < -0.39 is 0 Å². The maximum absolute atomic E-state index is 4.63. The first-order valence-electron chi connectivity index (χ1n) is 15.9. The minimum Gasteiger partial charge on any atom is -0.356 e. The molecule has 0 saturated carbocycles. The van der Waals surface area contributed by atoms with Crippen molar-refractivity contribution in [3.8, 4) is 0 Å². The van der Waals surface area contributed by atoms with E-state index in [0.29, 0.717) is 0 Å². The largest absolute Gasteiger partial charge is 0.356 e. The van der Waals surface area contributed by atoms with E-state index in [4.69, 9.17) is 0 Å². The third-order valence-electron chi connectivity index (χ3n) is 10.0. The summed E-state index contributed by atoms with van der Waals surface area (Å²) in [6.45, 7) is 11.3. The number of fused-ring (bicyclic) bond motifs is 4. The summed E-state index contributed by atoms with van der Waals surface area (Å²) in [4.78, 5) is 9.66. The van der Waals surface area contributed by atoms with Gasteiger partial charge in [-0.15, -0.1) is 0 Å². The van der Waals surface area contributed by atoms with E-state index in [9.17, 15) is 0 Å². The Morgan fingerprint density at radius 1 is 0.889 bits per heavy atom. The molecule has 0 saturated heterocycles. The summed E-state index contributed by atoms with van der Waals surface area (Å²) in [5, 5.41) is 4.73. The van der Waals surface area contributed by atoms with Gasteiger partial charge in [0.1, 0.15) is 11.8 Å². The van der Waals surface area contributed by atoms with Crippen molar-refractivity contribution < 1.29 is 0 Å². The van der Waals surface area contributed by atoms with Crippen LogP contribution >= 0.6 is 0 Å². The molecule has 2 atom stereocenters. The van der Waals surface area contributed by atoms with Crippen LogP contribution in [0.2, 0.25) is 0 Å². The Balaban J connectivity index is 1.50. The van der Waals surface area contributed by atoms with Crippen LogP contribution < -0.4 is 20.2 Å². The minimum atomic E-state index is -0.197. The number of anilines is 2. The molecule has 226 valence electrons. The van der Waals surface area contributed by atoms with E-state index in [-0.39, 0.29) is 11.8 Å².